The predicted octanol–water partition coefficient (Wildman–Crippen LogP) is 1.10. The lowest BCUT2D eigenvalue weighted by Gasteiger charge is -2.04. The van der Waals surface area contributed by atoms with Crippen molar-refractivity contribution in [2.75, 3.05) is 0 Å². The Hall–Kier alpha value is -2.04. The molecule has 1 aromatic carbocycles. The van der Waals surface area contributed by atoms with E-state index >= 15 is 0 Å². The Morgan fingerprint density at radius 2 is 1.89 bits per heavy atom. The first kappa shape index (κ1) is 12.0. The van der Waals surface area contributed by atoms with E-state index in [1.807, 2.05) is 31.2 Å². The Balaban J connectivity index is 1.99. The molecule has 0 unspecified atom stereocenters. The van der Waals surface area contributed by atoms with Gasteiger partial charge in [-0.3, -0.25) is 13.9 Å². The SMILES string of the molecule is CCn1c(=O)n(CC(=O)NC2CC2)c2ccccc21. The number of aromatic nitrogens is 2. The molecule has 100 valence electrons. The Bertz CT molecular complexity index is 680. The first-order valence-corrected chi connectivity index (χ1v) is 6.68. The van der Waals surface area contributed by atoms with Gasteiger partial charge in [0.2, 0.25) is 5.91 Å². The standard InChI is InChI=1S/C14H17N3O2/c1-2-16-11-5-3-4-6-12(11)17(14(16)19)9-13(18)15-10-7-8-10/h3-6,10H,2,7-9H2,1H3,(H,15,18). The van der Waals surface area contributed by atoms with Crippen molar-refractivity contribution in [3.05, 3.63) is 34.7 Å². The van der Waals surface area contributed by atoms with Gasteiger partial charge in [0.25, 0.3) is 0 Å². The number of rotatable bonds is 4. The first-order chi connectivity index (χ1) is 9.20. The molecule has 1 aromatic heterocycles. The third-order valence-electron chi connectivity index (χ3n) is 3.49. The predicted molar refractivity (Wildman–Crippen MR) is 73.0 cm³/mol. The molecule has 1 aliphatic rings. The van der Waals surface area contributed by atoms with Gasteiger partial charge in [-0.25, -0.2) is 4.79 Å². The van der Waals surface area contributed by atoms with Crippen LogP contribution in [0.3, 0.4) is 0 Å². The van der Waals surface area contributed by atoms with Crippen LogP contribution in [0.2, 0.25) is 0 Å². The van der Waals surface area contributed by atoms with Crippen molar-refractivity contribution in [3.8, 4) is 0 Å². The number of carbonyl (C=O) groups excluding carboxylic acids is 1. The molecule has 5 nitrogen and oxygen atoms in total. The number of amides is 1. The van der Waals surface area contributed by atoms with E-state index in [9.17, 15) is 9.59 Å². The number of benzene rings is 1. The van der Waals surface area contributed by atoms with Crippen LogP contribution in [-0.4, -0.2) is 21.1 Å². The second-order valence-electron chi connectivity index (χ2n) is 4.94. The molecule has 0 aliphatic heterocycles. The van der Waals surface area contributed by atoms with Gasteiger partial charge >= 0.3 is 5.69 Å². The van der Waals surface area contributed by atoms with E-state index in [1.54, 1.807) is 9.13 Å². The van der Waals surface area contributed by atoms with Crippen molar-refractivity contribution >= 4 is 16.9 Å². The van der Waals surface area contributed by atoms with E-state index in [4.69, 9.17) is 0 Å². The quantitative estimate of drug-likeness (QED) is 0.894. The summed E-state index contributed by atoms with van der Waals surface area (Å²) in [5.41, 5.74) is 1.59. The maximum absolute atomic E-state index is 12.3. The number of nitrogens with one attached hydrogen (secondary N) is 1. The molecule has 19 heavy (non-hydrogen) atoms. The van der Waals surface area contributed by atoms with Crippen molar-refractivity contribution in [2.45, 2.75) is 38.9 Å². The second-order valence-corrected chi connectivity index (χ2v) is 4.94. The second kappa shape index (κ2) is 4.57. The fraction of sp³-hybridized carbons (Fsp3) is 0.429. The van der Waals surface area contributed by atoms with Crippen LogP contribution in [0.5, 0.6) is 0 Å². The van der Waals surface area contributed by atoms with E-state index in [0.29, 0.717) is 12.6 Å². The fourth-order valence-electron chi connectivity index (χ4n) is 2.38. The lowest BCUT2D eigenvalue weighted by Crippen LogP contribution is -2.34. The summed E-state index contributed by atoms with van der Waals surface area (Å²) in [6.07, 6.45) is 2.11. The van der Waals surface area contributed by atoms with Gasteiger partial charge in [0.05, 0.1) is 11.0 Å². The molecule has 2 aromatic rings. The summed E-state index contributed by atoms with van der Waals surface area (Å²) in [6.45, 7) is 2.64. The molecule has 1 heterocycles. The minimum absolute atomic E-state index is 0.0800. The fourth-order valence-corrected chi connectivity index (χ4v) is 2.38. The number of nitrogens with zero attached hydrogens (tertiary/aromatic N) is 2. The molecule has 5 heteroatoms. The average Bonchev–Trinajstić information content (AvgIpc) is 3.17. The van der Waals surface area contributed by atoms with Crippen molar-refractivity contribution < 1.29 is 4.79 Å². The van der Waals surface area contributed by atoms with Crippen LogP contribution in [0, 0.1) is 0 Å². The Morgan fingerprint density at radius 1 is 1.26 bits per heavy atom. The summed E-state index contributed by atoms with van der Waals surface area (Å²) in [5.74, 6) is -0.0800. The van der Waals surface area contributed by atoms with Gasteiger partial charge in [0, 0.05) is 12.6 Å². The van der Waals surface area contributed by atoms with Crippen LogP contribution in [0.15, 0.2) is 29.1 Å². The topological polar surface area (TPSA) is 56.0 Å². The minimum atomic E-state index is -0.116. The zero-order valence-corrected chi connectivity index (χ0v) is 10.9. The summed E-state index contributed by atoms with van der Waals surface area (Å²) in [6, 6.07) is 7.91. The summed E-state index contributed by atoms with van der Waals surface area (Å²) in [7, 11) is 0. The van der Waals surface area contributed by atoms with Crippen molar-refractivity contribution in [3.63, 3.8) is 0 Å². The first-order valence-electron chi connectivity index (χ1n) is 6.68. The van der Waals surface area contributed by atoms with Crippen LogP contribution in [-0.2, 0) is 17.9 Å². The van der Waals surface area contributed by atoms with Crippen LogP contribution in [0.25, 0.3) is 11.0 Å². The summed E-state index contributed by atoms with van der Waals surface area (Å²) < 4.78 is 3.25. The molecule has 0 saturated heterocycles. The van der Waals surface area contributed by atoms with Crippen LogP contribution in [0.1, 0.15) is 19.8 Å². The van der Waals surface area contributed by atoms with Crippen molar-refractivity contribution in [1.29, 1.82) is 0 Å². The molecule has 0 atom stereocenters. The smallest absolute Gasteiger partial charge is 0.329 e. The number of hydrogen-bond donors (Lipinski definition) is 1. The van der Waals surface area contributed by atoms with E-state index in [0.717, 1.165) is 23.9 Å². The van der Waals surface area contributed by atoms with Gasteiger partial charge < -0.3 is 5.32 Å². The molecular formula is C14H17N3O2. The summed E-state index contributed by atoms with van der Waals surface area (Å²) >= 11 is 0. The number of aryl methyl sites for hydroxylation is 1. The van der Waals surface area contributed by atoms with E-state index in [2.05, 4.69) is 5.32 Å². The molecule has 1 aliphatic carbocycles. The van der Waals surface area contributed by atoms with Crippen LogP contribution in [0.4, 0.5) is 0 Å². The van der Waals surface area contributed by atoms with E-state index in [1.165, 1.54) is 0 Å². The van der Waals surface area contributed by atoms with Gasteiger partial charge in [0.15, 0.2) is 0 Å². The third kappa shape index (κ3) is 2.16. The van der Waals surface area contributed by atoms with Crippen LogP contribution >= 0.6 is 0 Å². The number of carbonyl (C=O) groups is 1. The highest BCUT2D eigenvalue weighted by atomic mass is 16.2. The maximum atomic E-state index is 12.3. The highest BCUT2D eigenvalue weighted by Crippen LogP contribution is 2.18. The van der Waals surface area contributed by atoms with Gasteiger partial charge in [-0.15, -0.1) is 0 Å². The lowest BCUT2D eigenvalue weighted by atomic mass is 10.3. The molecule has 0 spiro atoms. The highest BCUT2D eigenvalue weighted by Gasteiger charge is 2.24. The monoisotopic (exact) mass is 259 g/mol. The molecule has 1 amide bonds. The maximum Gasteiger partial charge on any atom is 0.329 e. The number of hydrogen-bond acceptors (Lipinski definition) is 2. The number of para-hydroxylation sites is 2. The van der Waals surface area contributed by atoms with Gasteiger partial charge in [0.1, 0.15) is 6.54 Å². The summed E-state index contributed by atoms with van der Waals surface area (Å²) in [4.78, 5) is 24.2. The third-order valence-corrected chi connectivity index (χ3v) is 3.49. The van der Waals surface area contributed by atoms with Crippen LogP contribution < -0.4 is 11.0 Å². The normalized spacial score (nSPS) is 14.8. The molecule has 3 rings (SSSR count). The van der Waals surface area contributed by atoms with Gasteiger partial charge in [-0.1, -0.05) is 12.1 Å². The largest absolute Gasteiger partial charge is 0.352 e. The molecule has 1 saturated carbocycles. The van der Waals surface area contributed by atoms with Gasteiger partial charge in [-0.2, -0.15) is 0 Å². The van der Waals surface area contributed by atoms with E-state index in [-0.39, 0.29) is 18.1 Å². The van der Waals surface area contributed by atoms with Crippen molar-refractivity contribution in [1.82, 2.24) is 14.5 Å². The zero-order valence-electron chi connectivity index (χ0n) is 10.9. The molecule has 0 bridgehead atoms. The lowest BCUT2D eigenvalue weighted by molar-refractivity contribution is -0.121. The zero-order chi connectivity index (χ0) is 13.4. The molecule has 0 radical (unpaired) electrons. The Labute approximate surface area is 110 Å². The van der Waals surface area contributed by atoms with E-state index < -0.39 is 0 Å². The average molecular weight is 259 g/mol. The molecular weight excluding hydrogens is 242 g/mol. The number of fused-ring (bicyclic) bond motifs is 1. The molecule has 1 fully saturated rings. The van der Waals surface area contributed by atoms with Gasteiger partial charge in [-0.05, 0) is 31.9 Å². The number of imidazole rings is 1. The summed E-state index contributed by atoms with van der Waals surface area (Å²) in [5, 5.41) is 2.91. The Kier molecular flexibility index (Phi) is 2.89. The minimum Gasteiger partial charge on any atom is -0.352 e. The Morgan fingerprint density at radius 3 is 2.47 bits per heavy atom. The van der Waals surface area contributed by atoms with Crippen molar-refractivity contribution in [2.24, 2.45) is 0 Å². The highest BCUT2D eigenvalue weighted by molar-refractivity contribution is 5.81. The molecule has 1 N–H and O–H groups in total.